The standard InChI is InChI=1S/C33H40N6O2/c1-4-32(40)38-19-17-37(18-20-38)31-21-27(33(41)35-26-12-8-14-30(26)36(2)3)34-28-22-39(16-15-25(28)31)29-13-7-10-23-9-5-6-11-24(23)29/h4-7,9-11,13,21,26,30H,1,8,12,14-20,22H2,2-3H3,(H,35,41)/t26-,30-/m1/s1. The third kappa shape index (κ3) is 5.40. The number of likely N-dealkylation sites (N-methyl/N-ethyl adjacent to an activating group) is 1. The molecule has 2 fully saturated rings. The van der Waals surface area contributed by atoms with Crippen molar-refractivity contribution in [1.82, 2.24) is 20.1 Å². The van der Waals surface area contributed by atoms with Gasteiger partial charge < -0.3 is 24.9 Å². The van der Waals surface area contributed by atoms with Gasteiger partial charge >= 0.3 is 0 Å². The number of carbonyl (C=O) groups is 2. The van der Waals surface area contributed by atoms with Crippen LogP contribution >= 0.6 is 0 Å². The fraction of sp³-hybridized carbons (Fsp3) is 0.424. The van der Waals surface area contributed by atoms with E-state index in [0.29, 0.717) is 31.4 Å². The Bertz CT molecular complexity index is 1460. The number of piperazine rings is 1. The van der Waals surface area contributed by atoms with Gasteiger partial charge in [-0.15, -0.1) is 0 Å². The minimum absolute atomic E-state index is 0.0285. The van der Waals surface area contributed by atoms with Gasteiger partial charge in [0.25, 0.3) is 5.91 Å². The Morgan fingerprint density at radius 2 is 1.76 bits per heavy atom. The first-order chi connectivity index (χ1) is 19.9. The number of rotatable bonds is 6. The number of benzene rings is 2. The van der Waals surface area contributed by atoms with Crippen molar-refractivity contribution in [3.05, 3.63) is 78.1 Å². The molecular weight excluding hydrogens is 512 g/mol. The second-order valence-electron chi connectivity index (χ2n) is 11.7. The van der Waals surface area contributed by atoms with Crippen molar-refractivity contribution in [2.24, 2.45) is 0 Å². The fourth-order valence-corrected chi connectivity index (χ4v) is 6.87. The quantitative estimate of drug-likeness (QED) is 0.469. The number of nitrogens with zero attached hydrogens (tertiary/aromatic N) is 5. The molecule has 8 nitrogen and oxygen atoms in total. The molecule has 1 N–H and O–H groups in total. The predicted molar refractivity (Wildman–Crippen MR) is 165 cm³/mol. The molecule has 2 amide bonds. The van der Waals surface area contributed by atoms with Crippen LogP contribution in [0.3, 0.4) is 0 Å². The second-order valence-corrected chi connectivity index (χ2v) is 11.7. The molecule has 1 saturated carbocycles. The summed E-state index contributed by atoms with van der Waals surface area (Å²) in [5.41, 5.74) is 4.94. The van der Waals surface area contributed by atoms with Crippen LogP contribution in [0.15, 0.2) is 61.2 Å². The van der Waals surface area contributed by atoms with Gasteiger partial charge in [-0.3, -0.25) is 9.59 Å². The molecule has 3 aliphatic rings. The van der Waals surface area contributed by atoms with Crippen LogP contribution < -0.4 is 15.1 Å². The van der Waals surface area contributed by atoms with E-state index in [0.717, 1.165) is 56.7 Å². The van der Waals surface area contributed by atoms with Crippen LogP contribution in [0.1, 0.15) is 41.0 Å². The molecule has 1 aromatic heterocycles. The molecule has 0 unspecified atom stereocenters. The van der Waals surface area contributed by atoms with E-state index in [1.54, 1.807) is 0 Å². The molecule has 0 bridgehead atoms. The van der Waals surface area contributed by atoms with Crippen molar-refractivity contribution in [3.8, 4) is 0 Å². The summed E-state index contributed by atoms with van der Waals surface area (Å²) in [5, 5.41) is 5.77. The van der Waals surface area contributed by atoms with E-state index in [4.69, 9.17) is 4.98 Å². The number of hydrogen-bond donors (Lipinski definition) is 1. The Balaban J connectivity index is 1.33. The van der Waals surface area contributed by atoms with Gasteiger partial charge in [-0.2, -0.15) is 0 Å². The molecule has 8 heteroatoms. The van der Waals surface area contributed by atoms with E-state index >= 15 is 0 Å². The third-order valence-electron chi connectivity index (χ3n) is 9.06. The molecule has 0 radical (unpaired) electrons. The van der Waals surface area contributed by atoms with Gasteiger partial charge in [-0.25, -0.2) is 4.98 Å². The molecule has 3 aromatic rings. The van der Waals surface area contributed by atoms with E-state index in [9.17, 15) is 9.59 Å². The summed E-state index contributed by atoms with van der Waals surface area (Å²) in [6.07, 6.45) is 5.43. The van der Waals surface area contributed by atoms with E-state index in [2.05, 4.69) is 83.2 Å². The molecule has 1 saturated heterocycles. The molecule has 3 heterocycles. The lowest BCUT2D eigenvalue weighted by Crippen LogP contribution is -2.49. The van der Waals surface area contributed by atoms with Crippen LogP contribution in [-0.4, -0.2) is 85.5 Å². The van der Waals surface area contributed by atoms with Gasteiger partial charge in [0.15, 0.2) is 0 Å². The highest BCUT2D eigenvalue weighted by atomic mass is 16.2. The Morgan fingerprint density at radius 3 is 2.54 bits per heavy atom. The maximum atomic E-state index is 13.7. The highest BCUT2D eigenvalue weighted by Crippen LogP contribution is 2.35. The lowest BCUT2D eigenvalue weighted by molar-refractivity contribution is -0.126. The Hall–Kier alpha value is -3.91. The largest absolute Gasteiger partial charge is 0.368 e. The zero-order valence-electron chi connectivity index (χ0n) is 24.2. The monoisotopic (exact) mass is 552 g/mol. The van der Waals surface area contributed by atoms with Crippen molar-refractivity contribution in [1.29, 1.82) is 0 Å². The number of amides is 2. The maximum Gasteiger partial charge on any atom is 0.270 e. The number of fused-ring (bicyclic) bond motifs is 2. The topological polar surface area (TPSA) is 72.0 Å². The van der Waals surface area contributed by atoms with Crippen molar-refractivity contribution in [2.45, 2.75) is 44.3 Å². The highest BCUT2D eigenvalue weighted by molar-refractivity contribution is 5.95. The summed E-state index contributed by atoms with van der Waals surface area (Å²) in [5.74, 6) is -0.130. The molecule has 1 aliphatic carbocycles. The van der Waals surface area contributed by atoms with Gasteiger partial charge in [0.1, 0.15) is 5.69 Å². The summed E-state index contributed by atoms with van der Waals surface area (Å²) in [6.45, 7) is 7.88. The van der Waals surface area contributed by atoms with Crippen LogP contribution in [0.25, 0.3) is 10.8 Å². The maximum absolute atomic E-state index is 13.7. The van der Waals surface area contributed by atoms with E-state index < -0.39 is 0 Å². The predicted octanol–water partition coefficient (Wildman–Crippen LogP) is 3.84. The number of nitrogens with one attached hydrogen (secondary N) is 1. The SMILES string of the molecule is C=CC(=O)N1CCN(c2cc(C(=O)N[C@@H]3CCC[C@H]3N(C)C)nc3c2CCN(c2cccc4ccccc24)C3)CC1. The minimum atomic E-state index is -0.101. The number of pyridine rings is 1. The summed E-state index contributed by atoms with van der Waals surface area (Å²) >= 11 is 0. The molecular formula is C33H40N6O2. The normalized spacial score (nSPS) is 20.8. The Kier molecular flexibility index (Phi) is 7.67. The molecule has 6 rings (SSSR count). The van der Waals surface area contributed by atoms with Crippen LogP contribution in [0.4, 0.5) is 11.4 Å². The lowest BCUT2D eigenvalue weighted by Gasteiger charge is -2.39. The third-order valence-corrected chi connectivity index (χ3v) is 9.06. The van der Waals surface area contributed by atoms with Crippen molar-refractivity contribution in [2.75, 3.05) is 56.6 Å². The highest BCUT2D eigenvalue weighted by Gasteiger charge is 2.32. The van der Waals surface area contributed by atoms with Crippen molar-refractivity contribution >= 4 is 34.0 Å². The second kappa shape index (κ2) is 11.5. The number of aromatic nitrogens is 1. The van der Waals surface area contributed by atoms with Gasteiger partial charge in [0.05, 0.1) is 12.2 Å². The number of anilines is 2. The molecule has 2 aliphatic heterocycles. The lowest BCUT2D eigenvalue weighted by atomic mass is 9.98. The molecule has 0 spiro atoms. The van der Waals surface area contributed by atoms with Crippen LogP contribution in [0, 0.1) is 0 Å². The van der Waals surface area contributed by atoms with Gasteiger partial charge in [0.2, 0.25) is 5.91 Å². The average Bonchev–Trinajstić information content (AvgIpc) is 3.48. The zero-order chi connectivity index (χ0) is 28.5. The summed E-state index contributed by atoms with van der Waals surface area (Å²) in [6, 6.07) is 17.4. The summed E-state index contributed by atoms with van der Waals surface area (Å²) < 4.78 is 0. The first-order valence-electron chi connectivity index (χ1n) is 14.8. The van der Waals surface area contributed by atoms with Crippen molar-refractivity contribution in [3.63, 3.8) is 0 Å². The number of hydrogen-bond acceptors (Lipinski definition) is 6. The van der Waals surface area contributed by atoms with Gasteiger partial charge in [-0.1, -0.05) is 43.0 Å². The van der Waals surface area contributed by atoms with Gasteiger partial charge in [-0.05, 0) is 63.4 Å². The van der Waals surface area contributed by atoms with Gasteiger partial charge in [0, 0.05) is 67.1 Å². The minimum Gasteiger partial charge on any atom is -0.368 e. The van der Waals surface area contributed by atoms with Crippen LogP contribution in [-0.2, 0) is 17.8 Å². The van der Waals surface area contributed by atoms with E-state index in [1.165, 1.54) is 28.1 Å². The summed E-state index contributed by atoms with van der Waals surface area (Å²) in [4.78, 5) is 39.7. The molecule has 2 atom stereocenters. The van der Waals surface area contributed by atoms with E-state index in [1.807, 2.05) is 11.0 Å². The first-order valence-corrected chi connectivity index (χ1v) is 14.8. The zero-order valence-corrected chi connectivity index (χ0v) is 24.2. The van der Waals surface area contributed by atoms with Crippen LogP contribution in [0.5, 0.6) is 0 Å². The Morgan fingerprint density at radius 1 is 0.976 bits per heavy atom. The smallest absolute Gasteiger partial charge is 0.270 e. The number of carbonyl (C=O) groups excluding carboxylic acids is 2. The molecule has 41 heavy (non-hydrogen) atoms. The van der Waals surface area contributed by atoms with E-state index in [-0.39, 0.29) is 17.9 Å². The van der Waals surface area contributed by atoms with Crippen molar-refractivity contribution < 1.29 is 9.59 Å². The van der Waals surface area contributed by atoms with Crippen LogP contribution in [0.2, 0.25) is 0 Å². The fourth-order valence-electron chi connectivity index (χ4n) is 6.87. The molecule has 214 valence electrons. The molecule has 2 aromatic carbocycles. The Labute approximate surface area is 242 Å². The average molecular weight is 553 g/mol. The first kappa shape index (κ1) is 27.3. The summed E-state index contributed by atoms with van der Waals surface area (Å²) in [7, 11) is 4.17.